The molecule has 0 unspecified atom stereocenters. The molecular formula is C23H25FN2O4. The summed E-state index contributed by atoms with van der Waals surface area (Å²) in [5.74, 6) is -0.315. The Morgan fingerprint density at radius 3 is 2.73 bits per heavy atom. The molecule has 1 spiro atoms. The number of hydrogen-bond donors (Lipinski definition) is 1. The van der Waals surface area contributed by atoms with Crippen molar-refractivity contribution in [2.45, 2.75) is 25.8 Å². The topological polar surface area (TPSA) is 70.1 Å². The number of hydrogen-bond acceptors (Lipinski definition) is 4. The van der Waals surface area contributed by atoms with Crippen LogP contribution in [0.5, 0.6) is 11.5 Å². The van der Waals surface area contributed by atoms with Gasteiger partial charge in [-0.3, -0.25) is 9.59 Å². The second-order valence-electron chi connectivity index (χ2n) is 8.06. The normalized spacial score (nSPS) is 21.3. The van der Waals surface area contributed by atoms with E-state index in [9.17, 15) is 19.1 Å². The number of aromatic hydroxyl groups is 1. The Morgan fingerprint density at radius 2 is 2.00 bits per heavy atom. The fourth-order valence-corrected chi connectivity index (χ4v) is 4.55. The Labute approximate surface area is 174 Å². The fraction of sp³-hybridized carbons (Fsp3) is 0.391. The number of carbonyl (C=O) groups excluding carboxylic acids is 2. The lowest BCUT2D eigenvalue weighted by Gasteiger charge is -2.39. The molecule has 2 aliphatic rings. The van der Waals surface area contributed by atoms with Crippen molar-refractivity contribution in [3.05, 3.63) is 59.4 Å². The average Bonchev–Trinajstić information content (AvgIpc) is 3.17. The molecule has 2 amide bonds. The van der Waals surface area contributed by atoms with Gasteiger partial charge >= 0.3 is 0 Å². The molecule has 2 aromatic rings. The summed E-state index contributed by atoms with van der Waals surface area (Å²) in [4.78, 5) is 29.6. The first-order valence-electron chi connectivity index (χ1n) is 10.1. The van der Waals surface area contributed by atoms with E-state index >= 15 is 0 Å². The van der Waals surface area contributed by atoms with E-state index in [1.807, 2.05) is 0 Å². The first-order chi connectivity index (χ1) is 14.4. The van der Waals surface area contributed by atoms with Gasteiger partial charge in [-0.25, -0.2) is 4.39 Å². The van der Waals surface area contributed by atoms with Gasteiger partial charge in [0.25, 0.3) is 5.91 Å². The fourth-order valence-electron chi connectivity index (χ4n) is 4.55. The van der Waals surface area contributed by atoms with Crippen LogP contribution >= 0.6 is 0 Å². The third-order valence-corrected chi connectivity index (χ3v) is 6.22. The number of carbonyl (C=O) groups is 2. The number of benzene rings is 2. The van der Waals surface area contributed by atoms with Crippen LogP contribution in [0.3, 0.4) is 0 Å². The van der Waals surface area contributed by atoms with E-state index < -0.39 is 5.41 Å². The van der Waals surface area contributed by atoms with Gasteiger partial charge in [-0.1, -0.05) is 18.2 Å². The standard InChI is InChI=1S/C23H25FN2O4/c1-30-17-7-8-18(20(27)13-17)21(28)26-12-10-23(15-26)9-4-11-25(22(23)29)14-16-5-2-3-6-19(16)24/h2-3,5-8,13,27H,4,9-12,14-15H2,1H3/t23-/m0/s1. The van der Waals surface area contributed by atoms with Crippen molar-refractivity contribution in [2.75, 3.05) is 26.7 Å². The Morgan fingerprint density at radius 1 is 1.20 bits per heavy atom. The van der Waals surface area contributed by atoms with Crippen molar-refractivity contribution in [1.82, 2.24) is 9.80 Å². The van der Waals surface area contributed by atoms with E-state index in [2.05, 4.69) is 0 Å². The minimum absolute atomic E-state index is 0.0220. The van der Waals surface area contributed by atoms with Gasteiger partial charge in [0.05, 0.1) is 18.1 Å². The molecule has 30 heavy (non-hydrogen) atoms. The second-order valence-corrected chi connectivity index (χ2v) is 8.06. The minimum atomic E-state index is -0.638. The van der Waals surface area contributed by atoms with Gasteiger partial charge in [0.15, 0.2) is 0 Å². The average molecular weight is 412 g/mol. The lowest BCUT2D eigenvalue weighted by Crippen LogP contribution is -2.50. The van der Waals surface area contributed by atoms with E-state index in [1.165, 1.54) is 25.3 Å². The number of methoxy groups -OCH3 is 1. The first kappa shape index (κ1) is 20.2. The molecule has 2 fully saturated rings. The monoisotopic (exact) mass is 412 g/mol. The number of likely N-dealkylation sites (tertiary alicyclic amines) is 2. The van der Waals surface area contributed by atoms with Crippen LogP contribution in [0.4, 0.5) is 4.39 Å². The minimum Gasteiger partial charge on any atom is -0.507 e. The Kier molecular flexibility index (Phi) is 5.37. The van der Waals surface area contributed by atoms with Crippen molar-refractivity contribution >= 4 is 11.8 Å². The van der Waals surface area contributed by atoms with Gasteiger partial charge in [0.2, 0.25) is 5.91 Å². The number of ether oxygens (including phenoxy) is 1. The van der Waals surface area contributed by atoms with Crippen molar-refractivity contribution in [3.63, 3.8) is 0 Å². The molecule has 0 aromatic heterocycles. The van der Waals surface area contributed by atoms with Crippen LogP contribution in [-0.4, -0.2) is 53.5 Å². The molecule has 0 radical (unpaired) electrons. The van der Waals surface area contributed by atoms with Crippen LogP contribution in [0.1, 0.15) is 35.2 Å². The summed E-state index contributed by atoms with van der Waals surface area (Å²) < 4.78 is 19.1. The lowest BCUT2D eigenvalue weighted by molar-refractivity contribution is -0.146. The summed E-state index contributed by atoms with van der Waals surface area (Å²) in [7, 11) is 1.49. The van der Waals surface area contributed by atoms with Crippen molar-refractivity contribution in [1.29, 1.82) is 0 Å². The zero-order chi connectivity index (χ0) is 21.3. The van der Waals surface area contributed by atoms with Crippen LogP contribution in [-0.2, 0) is 11.3 Å². The van der Waals surface area contributed by atoms with Gasteiger partial charge in [-0.15, -0.1) is 0 Å². The smallest absolute Gasteiger partial charge is 0.257 e. The van der Waals surface area contributed by atoms with Gasteiger partial charge < -0.3 is 19.6 Å². The van der Waals surface area contributed by atoms with E-state index in [0.29, 0.717) is 43.8 Å². The van der Waals surface area contributed by atoms with Gasteiger partial charge in [-0.05, 0) is 37.5 Å². The zero-order valence-corrected chi connectivity index (χ0v) is 16.9. The predicted octanol–water partition coefficient (Wildman–Crippen LogP) is 3.19. The Balaban J connectivity index is 1.50. The SMILES string of the molecule is COc1ccc(C(=O)N2CC[C@@]3(CCCN(Cc4ccccc4F)C3=O)C2)c(O)c1. The molecule has 158 valence electrons. The molecule has 2 saturated heterocycles. The maximum Gasteiger partial charge on any atom is 0.257 e. The summed E-state index contributed by atoms with van der Waals surface area (Å²) in [6.45, 7) is 1.58. The largest absolute Gasteiger partial charge is 0.507 e. The summed E-state index contributed by atoms with van der Waals surface area (Å²) in [6.07, 6.45) is 2.09. The van der Waals surface area contributed by atoms with E-state index in [0.717, 1.165) is 6.42 Å². The highest BCUT2D eigenvalue weighted by Crippen LogP contribution is 2.41. The molecule has 2 aliphatic heterocycles. The van der Waals surface area contributed by atoms with Crippen molar-refractivity contribution < 1.29 is 23.8 Å². The number of amides is 2. The van der Waals surface area contributed by atoms with Gasteiger partial charge in [0, 0.05) is 37.8 Å². The molecular weight excluding hydrogens is 387 g/mol. The van der Waals surface area contributed by atoms with E-state index in [1.54, 1.807) is 34.1 Å². The number of piperidine rings is 1. The quantitative estimate of drug-likeness (QED) is 0.837. The zero-order valence-electron chi connectivity index (χ0n) is 16.9. The van der Waals surface area contributed by atoms with Crippen LogP contribution in [0.15, 0.2) is 42.5 Å². The number of nitrogens with zero attached hydrogens (tertiary/aromatic N) is 2. The third-order valence-electron chi connectivity index (χ3n) is 6.22. The molecule has 4 rings (SSSR count). The number of phenolic OH excluding ortho intramolecular Hbond substituents is 1. The van der Waals surface area contributed by atoms with Gasteiger partial charge in [0.1, 0.15) is 17.3 Å². The molecule has 1 atom stereocenters. The summed E-state index contributed by atoms with van der Waals surface area (Å²) in [5.41, 5.74) is 0.0534. The van der Waals surface area contributed by atoms with Crippen LogP contribution in [0.2, 0.25) is 0 Å². The summed E-state index contributed by atoms with van der Waals surface area (Å²) in [5, 5.41) is 10.2. The van der Waals surface area contributed by atoms with Crippen LogP contribution in [0, 0.1) is 11.2 Å². The maximum absolute atomic E-state index is 14.1. The van der Waals surface area contributed by atoms with Crippen LogP contribution < -0.4 is 4.74 Å². The van der Waals surface area contributed by atoms with Crippen molar-refractivity contribution in [2.24, 2.45) is 5.41 Å². The Hall–Kier alpha value is -3.09. The molecule has 1 N–H and O–H groups in total. The second kappa shape index (κ2) is 7.97. The molecule has 6 nitrogen and oxygen atoms in total. The highest BCUT2D eigenvalue weighted by molar-refractivity contribution is 5.98. The lowest BCUT2D eigenvalue weighted by atomic mass is 9.78. The van der Waals surface area contributed by atoms with Crippen LogP contribution in [0.25, 0.3) is 0 Å². The Bertz CT molecular complexity index is 979. The summed E-state index contributed by atoms with van der Waals surface area (Å²) in [6, 6.07) is 11.1. The predicted molar refractivity (Wildman–Crippen MR) is 109 cm³/mol. The maximum atomic E-state index is 14.1. The molecule has 2 aromatic carbocycles. The number of halogens is 1. The first-order valence-corrected chi connectivity index (χ1v) is 10.1. The van der Waals surface area contributed by atoms with E-state index in [-0.39, 0.29) is 35.5 Å². The molecule has 0 bridgehead atoms. The molecule has 7 heteroatoms. The van der Waals surface area contributed by atoms with E-state index in [4.69, 9.17) is 4.74 Å². The number of phenols is 1. The highest BCUT2D eigenvalue weighted by Gasteiger charge is 2.49. The van der Waals surface area contributed by atoms with Gasteiger partial charge in [-0.2, -0.15) is 0 Å². The molecule has 0 aliphatic carbocycles. The third kappa shape index (κ3) is 3.60. The molecule has 0 saturated carbocycles. The number of rotatable bonds is 4. The molecule has 2 heterocycles. The van der Waals surface area contributed by atoms with Crippen molar-refractivity contribution in [3.8, 4) is 11.5 Å². The summed E-state index contributed by atoms with van der Waals surface area (Å²) >= 11 is 0. The highest BCUT2D eigenvalue weighted by atomic mass is 19.1.